The van der Waals surface area contributed by atoms with E-state index in [0.717, 1.165) is 16.4 Å². The van der Waals surface area contributed by atoms with Crippen LogP contribution in [0, 0.1) is 6.92 Å². The lowest BCUT2D eigenvalue weighted by atomic mass is 10.1. The van der Waals surface area contributed by atoms with Gasteiger partial charge in [-0.25, -0.2) is 4.79 Å². The molecule has 0 saturated carbocycles. The van der Waals surface area contributed by atoms with Gasteiger partial charge in [-0.1, -0.05) is 10.7 Å². The summed E-state index contributed by atoms with van der Waals surface area (Å²) in [4.78, 5) is 22.6. The Kier molecular flexibility index (Phi) is 3.65. The molecule has 0 aliphatic carbocycles. The molecular weight excluding hydrogens is 266 g/mol. The third kappa shape index (κ3) is 3.10. The van der Waals surface area contributed by atoms with Gasteiger partial charge in [0.1, 0.15) is 5.95 Å². The van der Waals surface area contributed by atoms with Crippen LogP contribution in [0.4, 0.5) is 5.69 Å². The smallest absolute Gasteiger partial charge is 0.335 e. The zero-order valence-electron chi connectivity index (χ0n) is 10.5. The maximum atomic E-state index is 11.8. The Morgan fingerprint density at radius 2 is 2.25 bits per heavy atom. The largest absolute Gasteiger partial charge is 0.539 e. The quantitative estimate of drug-likeness (QED) is 0.739. The molecule has 0 spiro atoms. The molecule has 0 aliphatic heterocycles. The fraction of sp³-hybridized carbons (Fsp3) is 0.167. The monoisotopic (exact) mass is 277 g/mol. The minimum absolute atomic E-state index is 0.0711. The molecule has 1 aromatic carbocycles. The van der Waals surface area contributed by atoms with Crippen LogP contribution in [0.2, 0.25) is 0 Å². The van der Waals surface area contributed by atoms with Crippen molar-refractivity contribution in [3.63, 3.8) is 0 Å². The highest BCUT2D eigenvalue weighted by molar-refractivity contribution is 5.94. The van der Waals surface area contributed by atoms with Crippen LogP contribution in [0.25, 0.3) is 0 Å². The van der Waals surface area contributed by atoms with Crippen LogP contribution in [0.5, 0.6) is 5.95 Å². The standard InChI is InChI=1S/C12H11N3O5/c1-7-2-3-8(12(18)19)4-9(7)13-10(16)5-15-6-11(17)20-14-15/h2-4,6H,5H2,1H3,(H2-,13,14,16,17,18,19). The van der Waals surface area contributed by atoms with Gasteiger partial charge in [-0.3, -0.25) is 4.79 Å². The molecule has 1 aromatic heterocycles. The maximum absolute atomic E-state index is 11.8. The maximum Gasteiger partial charge on any atom is 0.335 e. The predicted molar refractivity (Wildman–Crippen MR) is 62.9 cm³/mol. The number of nitrogens with one attached hydrogen (secondary N) is 1. The van der Waals surface area contributed by atoms with E-state index in [1.165, 1.54) is 12.1 Å². The number of aromatic carboxylic acids is 1. The third-order valence-corrected chi connectivity index (χ3v) is 2.55. The number of carbonyl (C=O) groups is 2. The lowest BCUT2D eigenvalue weighted by molar-refractivity contribution is -0.750. The second kappa shape index (κ2) is 5.39. The van der Waals surface area contributed by atoms with E-state index in [4.69, 9.17) is 5.11 Å². The SMILES string of the molecule is Cc1ccc(C(=O)O)cc1NC(=O)C[n+]1cc([O-])on1. The van der Waals surface area contributed by atoms with E-state index < -0.39 is 17.8 Å². The van der Waals surface area contributed by atoms with Crippen molar-refractivity contribution in [1.82, 2.24) is 5.27 Å². The molecule has 0 aliphatic rings. The number of aryl methyl sites for hydroxylation is 1. The zero-order chi connectivity index (χ0) is 14.7. The zero-order valence-corrected chi connectivity index (χ0v) is 10.5. The number of carboxylic acid groups (broad SMARTS) is 1. The number of hydrogen-bond donors (Lipinski definition) is 2. The van der Waals surface area contributed by atoms with Crippen LogP contribution in [0.3, 0.4) is 0 Å². The number of benzene rings is 1. The number of nitrogens with zero attached hydrogens (tertiary/aromatic N) is 2. The number of anilines is 1. The first kappa shape index (κ1) is 13.5. The van der Waals surface area contributed by atoms with Gasteiger partial charge in [0.15, 0.2) is 0 Å². The average molecular weight is 277 g/mol. The number of aromatic nitrogens is 2. The number of rotatable bonds is 4. The molecule has 0 atom stereocenters. The van der Waals surface area contributed by atoms with Gasteiger partial charge in [0, 0.05) is 5.69 Å². The molecule has 20 heavy (non-hydrogen) atoms. The van der Waals surface area contributed by atoms with Crippen molar-refractivity contribution in [2.24, 2.45) is 0 Å². The first-order valence-corrected chi connectivity index (χ1v) is 5.63. The normalized spacial score (nSPS) is 10.2. The molecule has 0 fully saturated rings. The van der Waals surface area contributed by atoms with Gasteiger partial charge in [-0.15, -0.1) is 0 Å². The van der Waals surface area contributed by atoms with Gasteiger partial charge >= 0.3 is 5.97 Å². The summed E-state index contributed by atoms with van der Waals surface area (Å²) in [5, 5.41) is 25.6. The Hall–Kier alpha value is -2.90. The van der Waals surface area contributed by atoms with Crippen LogP contribution < -0.4 is 15.1 Å². The van der Waals surface area contributed by atoms with Crippen molar-refractivity contribution in [2.75, 3.05) is 5.32 Å². The Morgan fingerprint density at radius 1 is 1.50 bits per heavy atom. The Morgan fingerprint density at radius 3 is 2.85 bits per heavy atom. The van der Waals surface area contributed by atoms with E-state index in [-0.39, 0.29) is 12.1 Å². The van der Waals surface area contributed by atoms with Crippen LogP contribution in [0.1, 0.15) is 15.9 Å². The van der Waals surface area contributed by atoms with E-state index in [1.54, 1.807) is 13.0 Å². The first-order chi connectivity index (χ1) is 9.45. The Bertz CT molecular complexity index is 665. The van der Waals surface area contributed by atoms with Gasteiger partial charge < -0.3 is 20.1 Å². The van der Waals surface area contributed by atoms with Crippen molar-refractivity contribution in [3.8, 4) is 5.95 Å². The fourth-order valence-corrected chi connectivity index (χ4v) is 1.56. The van der Waals surface area contributed by atoms with Crippen LogP contribution in [-0.4, -0.2) is 22.3 Å². The molecule has 0 radical (unpaired) electrons. The highest BCUT2D eigenvalue weighted by Crippen LogP contribution is 2.16. The van der Waals surface area contributed by atoms with Crippen molar-refractivity contribution in [2.45, 2.75) is 13.5 Å². The number of amides is 1. The molecule has 0 bridgehead atoms. The fourth-order valence-electron chi connectivity index (χ4n) is 1.56. The lowest BCUT2D eigenvalue weighted by Crippen LogP contribution is -2.41. The summed E-state index contributed by atoms with van der Waals surface area (Å²) in [5.41, 5.74) is 1.18. The number of carbonyl (C=O) groups excluding carboxylic acids is 1. The summed E-state index contributed by atoms with van der Waals surface area (Å²) in [6.45, 7) is 1.53. The van der Waals surface area contributed by atoms with Crippen molar-refractivity contribution >= 4 is 17.6 Å². The lowest BCUT2D eigenvalue weighted by Gasteiger charge is -2.07. The van der Waals surface area contributed by atoms with Gasteiger partial charge in [0.05, 0.1) is 10.8 Å². The van der Waals surface area contributed by atoms with Gasteiger partial charge in [-0.2, -0.15) is 0 Å². The highest BCUT2D eigenvalue weighted by Gasteiger charge is 2.14. The highest BCUT2D eigenvalue weighted by atomic mass is 16.6. The van der Waals surface area contributed by atoms with Crippen LogP contribution >= 0.6 is 0 Å². The van der Waals surface area contributed by atoms with Gasteiger partial charge in [-0.05, 0) is 24.6 Å². The number of carboxylic acids is 1. The van der Waals surface area contributed by atoms with E-state index in [9.17, 15) is 14.7 Å². The minimum Gasteiger partial charge on any atom is -0.539 e. The van der Waals surface area contributed by atoms with E-state index in [1.807, 2.05) is 0 Å². The van der Waals surface area contributed by atoms with Crippen LogP contribution in [0.15, 0.2) is 28.9 Å². The molecule has 1 heterocycles. The van der Waals surface area contributed by atoms with Gasteiger partial charge in [0.25, 0.3) is 12.5 Å². The molecule has 8 nitrogen and oxygen atoms in total. The second-order valence-electron chi connectivity index (χ2n) is 4.10. The molecule has 104 valence electrons. The molecule has 2 aromatic rings. The molecule has 2 rings (SSSR count). The Labute approximate surface area is 113 Å². The third-order valence-electron chi connectivity index (χ3n) is 2.55. The summed E-state index contributed by atoms with van der Waals surface area (Å²) in [5.74, 6) is -2.18. The topological polar surface area (TPSA) is 119 Å². The molecule has 2 N–H and O–H groups in total. The summed E-state index contributed by atoms with van der Waals surface area (Å²) in [7, 11) is 0. The first-order valence-electron chi connectivity index (χ1n) is 5.63. The summed E-state index contributed by atoms with van der Waals surface area (Å²) >= 11 is 0. The molecule has 0 unspecified atom stereocenters. The predicted octanol–water partition coefficient (Wildman–Crippen LogP) is -0.319. The van der Waals surface area contributed by atoms with Gasteiger partial charge in [0.2, 0.25) is 6.20 Å². The van der Waals surface area contributed by atoms with Crippen molar-refractivity contribution in [1.29, 1.82) is 0 Å². The average Bonchev–Trinajstić information content (AvgIpc) is 2.77. The molecule has 8 heteroatoms. The van der Waals surface area contributed by atoms with Crippen molar-refractivity contribution < 1.29 is 29.0 Å². The minimum atomic E-state index is -1.08. The number of hydrogen-bond acceptors (Lipinski definition) is 5. The summed E-state index contributed by atoms with van der Waals surface area (Å²) in [6, 6.07) is 4.41. The summed E-state index contributed by atoms with van der Waals surface area (Å²) in [6.07, 6.45) is 1.04. The molecule has 0 saturated heterocycles. The van der Waals surface area contributed by atoms with E-state index >= 15 is 0 Å². The van der Waals surface area contributed by atoms with E-state index in [2.05, 4.69) is 15.1 Å². The molecular formula is C12H11N3O5. The summed E-state index contributed by atoms with van der Waals surface area (Å²) < 4.78 is 5.34. The molecule has 1 amide bonds. The van der Waals surface area contributed by atoms with Crippen LogP contribution in [-0.2, 0) is 11.3 Å². The van der Waals surface area contributed by atoms with E-state index in [0.29, 0.717) is 5.69 Å². The van der Waals surface area contributed by atoms with Crippen molar-refractivity contribution in [3.05, 3.63) is 35.5 Å². The second-order valence-corrected chi connectivity index (χ2v) is 4.10. The Balaban J connectivity index is 2.11.